The molecule has 1 unspecified atom stereocenters. The van der Waals surface area contributed by atoms with Crippen molar-refractivity contribution >= 4 is 35.2 Å². The number of aliphatic carboxylic acids is 1. The fourth-order valence-electron chi connectivity index (χ4n) is 3.49. The van der Waals surface area contributed by atoms with Gasteiger partial charge in [-0.05, 0) is 48.5 Å². The third-order valence-corrected chi connectivity index (χ3v) is 6.26. The van der Waals surface area contributed by atoms with Gasteiger partial charge in [0.05, 0.1) is 5.92 Å². The van der Waals surface area contributed by atoms with E-state index in [1.807, 2.05) is 24.3 Å². The number of carbonyl (C=O) groups is 3. The summed E-state index contributed by atoms with van der Waals surface area (Å²) in [6.07, 6.45) is 1.88. The number of benzene rings is 1. The summed E-state index contributed by atoms with van der Waals surface area (Å²) in [5.74, 6) is -0.502. The van der Waals surface area contributed by atoms with Crippen LogP contribution in [-0.2, 0) is 20.8 Å². The average Bonchev–Trinajstić information content (AvgIpc) is 3.04. The van der Waals surface area contributed by atoms with Gasteiger partial charge in [0.1, 0.15) is 5.54 Å². The van der Waals surface area contributed by atoms with Crippen LogP contribution in [0.4, 0.5) is 5.69 Å². The molecular formula is C19H24N2O4S. The smallest absolute Gasteiger partial charge is 0.329 e. The minimum atomic E-state index is -1.19. The highest BCUT2D eigenvalue weighted by atomic mass is 32.2. The Bertz CT molecular complexity index is 698. The van der Waals surface area contributed by atoms with Gasteiger partial charge >= 0.3 is 5.97 Å². The fourth-order valence-corrected chi connectivity index (χ4v) is 4.68. The van der Waals surface area contributed by atoms with Gasteiger partial charge in [0, 0.05) is 18.7 Å². The van der Waals surface area contributed by atoms with Crippen LogP contribution < -0.4 is 10.2 Å². The van der Waals surface area contributed by atoms with E-state index in [9.17, 15) is 19.5 Å². The van der Waals surface area contributed by atoms with Crippen LogP contribution in [0.15, 0.2) is 24.3 Å². The Hall–Kier alpha value is -2.02. The van der Waals surface area contributed by atoms with Crippen molar-refractivity contribution in [3.8, 4) is 0 Å². The second kappa shape index (κ2) is 7.70. The maximum Gasteiger partial charge on any atom is 0.329 e. The van der Waals surface area contributed by atoms with Crippen LogP contribution in [0.3, 0.4) is 0 Å². The molecule has 1 aromatic carbocycles. The van der Waals surface area contributed by atoms with Crippen molar-refractivity contribution in [1.29, 1.82) is 0 Å². The first-order valence-electron chi connectivity index (χ1n) is 8.97. The number of aryl methyl sites for hydroxylation is 1. The van der Waals surface area contributed by atoms with E-state index in [4.69, 9.17) is 0 Å². The van der Waals surface area contributed by atoms with Gasteiger partial charge in [-0.15, -0.1) is 0 Å². The third-order valence-electron chi connectivity index (χ3n) is 5.27. The van der Waals surface area contributed by atoms with Gasteiger partial charge in [-0.3, -0.25) is 9.59 Å². The number of carboxylic acids is 1. The Morgan fingerprint density at radius 2 is 1.92 bits per heavy atom. The number of nitrogens with zero attached hydrogens (tertiary/aromatic N) is 1. The summed E-state index contributed by atoms with van der Waals surface area (Å²) >= 11 is 1.70. The monoisotopic (exact) mass is 376 g/mol. The summed E-state index contributed by atoms with van der Waals surface area (Å²) in [7, 11) is 0. The second-order valence-corrected chi connectivity index (χ2v) is 8.14. The SMILES string of the molecule is CCc1ccc(N2CC(C(=O)NC3(C(=O)O)CCSCC3)CC2=O)cc1. The average molecular weight is 376 g/mol. The molecule has 0 aliphatic carbocycles. The molecule has 3 rings (SSSR count). The lowest BCUT2D eigenvalue weighted by atomic mass is 9.91. The Morgan fingerprint density at radius 1 is 1.27 bits per heavy atom. The van der Waals surface area contributed by atoms with Gasteiger partial charge < -0.3 is 15.3 Å². The largest absolute Gasteiger partial charge is 0.480 e. The van der Waals surface area contributed by atoms with E-state index in [1.54, 1.807) is 16.7 Å². The topological polar surface area (TPSA) is 86.7 Å². The molecule has 26 heavy (non-hydrogen) atoms. The molecule has 0 spiro atoms. The first kappa shape index (κ1) is 18.8. The molecule has 2 fully saturated rings. The summed E-state index contributed by atoms with van der Waals surface area (Å²) in [6, 6.07) is 7.76. The van der Waals surface area contributed by atoms with Crippen molar-refractivity contribution < 1.29 is 19.5 Å². The van der Waals surface area contributed by atoms with Gasteiger partial charge in [-0.25, -0.2) is 4.79 Å². The van der Waals surface area contributed by atoms with E-state index in [1.165, 1.54) is 5.56 Å². The highest BCUT2D eigenvalue weighted by molar-refractivity contribution is 7.99. The maximum absolute atomic E-state index is 12.7. The van der Waals surface area contributed by atoms with Gasteiger partial charge in [0.2, 0.25) is 11.8 Å². The zero-order valence-corrected chi connectivity index (χ0v) is 15.7. The Kier molecular flexibility index (Phi) is 5.55. The maximum atomic E-state index is 12.7. The number of carbonyl (C=O) groups excluding carboxylic acids is 2. The first-order valence-corrected chi connectivity index (χ1v) is 10.1. The standard InChI is InChI=1S/C19H24N2O4S/c1-2-13-3-5-15(6-4-13)21-12-14(11-16(21)22)17(23)20-19(18(24)25)7-9-26-10-8-19/h3-6,14H,2,7-12H2,1H3,(H,20,23)(H,24,25). The highest BCUT2D eigenvalue weighted by Crippen LogP contribution is 2.30. The molecule has 2 amide bonds. The first-order chi connectivity index (χ1) is 12.4. The van der Waals surface area contributed by atoms with Crippen LogP contribution in [0.1, 0.15) is 31.7 Å². The van der Waals surface area contributed by atoms with E-state index in [2.05, 4.69) is 12.2 Å². The summed E-state index contributed by atoms with van der Waals surface area (Å²) in [5, 5.41) is 12.4. The minimum absolute atomic E-state index is 0.0991. The lowest BCUT2D eigenvalue weighted by Crippen LogP contribution is -2.58. The number of rotatable bonds is 5. The molecule has 6 nitrogen and oxygen atoms in total. The Labute approximate surface area is 157 Å². The van der Waals surface area contributed by atoms with Gasteiger partial charge in [0.15, 0.2) is 0 Å². The summed E-state index contributed by atoms with van der Waals surface area (Å²) in [5.41, 5.74) is 0.777. The molecule has 2 aliphatic heterocycles. The zero-order valence-electron chi connectivity index (χ0n) is 14.9. The van der Waals surface area contributed by atoms with Crippen molar-refractivity contribution in [1.82, 2.24) is 5.32 Å². The summed E-state index contributed by atoms with van der Waals surface area (Å²) in [4.78, 5) is 38.4. The van der Waals surface area contributed by atoms with Gasteiger partial charge in [-0.2, -0.15) is 11.8 Å². The Balaban J connectivity index is 1.69. The highest BCUT2D eigenvalue weighted by Gasteiger charge is 2.44. The van der Waals surface area contributed by atoms with E-state index < -0.39 is 17.4 Å². The minimum Gasteiger partial charge on any atom is -0.480 e. The summed E-state index contributed by atoms with van der Waals surface area (Å²) in [6.45, 7) is 2.36. The number of hydrogen-bond donors (Lipinski definition) is 2. The van der Waals surface area contributed by atoms with E-state index in [0.717, 1.165) is 12.1 Å². The molecule has 7 heteroatoms. The lowest BCUT2D eigenvalue weighted by molar-refractivity contribution is -0.148. The molecule has 1 aromatic rings. The van der Waals surface area contributed by atoms with Crippen molar-refractivity contribution in [2.45, 2.75) is 38.1 Å². The van der Waals surface area contributed by atoms with Gasteiger partial charge in [0.25, 0.3) is 0 Å². The molecule has 0 aromatic heterocycles. The number of amides is 2. The molecule has 2 saturated heterocycles. The van der Waals surface area contributed by atoms with Crippen LogP contribution in [0.25, 0.3) is 0 Å². The van der Waals surface area contributed by atoms with E-state index >= 15 is 0 Å². The molecule has 0 bridgehead atoms. The van der Waals surface area contributed by atoms with E-state index in [-0.39, 0.29) is 18.2 Å². The fraction of sp³-hybridized carbons (Fsp3) is 0.526. The molecule has 0 radical (unpaired) electrons. The molecule has 0 saturated carbocycles. The van der Waals surface area contributed by atoms with Crippen LogP contribution >= 0.6 is 11.8 Å². The van der Waals surface area contributed by atoms with Crippen molar-refractivity contribution in [3.63, 3.8) is 0 Å². The number of anilines is 1. The van der Waals surface area contributed by atoms with E-state index in [0.29, 0.717) is 30.9 Å². The molecule has 140 valence electrons. The molecule has 1 atom stereocenters. The number of thioether (sulfide) groups is 1. The van der Waals surface area contributed by atoms with Crippen molar-refractivity contribution in [2.75, 3.05) is 23.0 Å². The third kappa shape index (κ3) is 3.72. The second-order valence-electron chi connectivity index (χ2n) is 6.91. The van der Waals surface area contributed by atoms with Crippen LogP contribution in [0.2, 0.25) is 0 Å². The lowest BCUT2D eigenvalue weighted by Gasteiger charge is -2.34. The normalized spacial score (nSPS) is 22.3. The van der Waals surface area contributed by atoms with Crippen LogP contribution in [0.5, 0.6) is 0 Å². The molecular weight excluding hydrogens is 352 g/mol. The molecule has 2 N–H and O–H groups in total. The predicted octanol–water partition coefficient (Wildman–Crippen LogP) is 2.07. The van der Waals surface area contributed by atoms with Gasteiger partial charge in [-0.1, -0.05) is 19.1 Å². The van der Waals surface area contributed by atoms with Crippen LogP contribution in [0, 0.1) is 5.92 Å². The number of carboxylic acid groups (broad SMARTS) is 1. The molecule has 2 aliphatic rings. The van der Waals surface area contributed by atoms with Crippen LogP contribution in [-0.4, -0.2) is 46.5 Å². The number of hydrogen-bond acceptors (Lipinski definition) is 4. The number of nitrogens with one attached hydrogen (secondary N) is 1. The van der Waals surface area contributed by atoms with Crippen molar-refractivity contribution in [2.24, 2.45) is 5.92 Å². The summed E-state index contributed by atoms with van der Waals surface area (Å²) < 4.78 is 0. The zero-order chi connectivity index (χ0) is 18.7. The quantitative estimate of drug-likeness (QED) is 0.822. The molecule has 2 heterocycles. The predicted molar refractivity (Wildman–Crippen MR) is 101 cm³/mol. The Morgan fingerprint density at radius 3 is 2.50 bits per heavy atom. The van der Waals surface area contributed by atoms with Crippen molar-refractivity contribution in [3.05, 3.63) is 29.8 Å².